The lowest BCUT2D eigenvalue weighted by molar-refractivity contribution is -0.116. The molecule has 2 N–H and O–H groups in total. The summed E-state index contributed by atoms with van der Waals surface area (Å²) < 4.78 is 12.7. The number of anilines is 2. The van der Waals surface area contributed by atoms with E-state index < -0.39 is 17.7 Å². The summed E-state index contributed by atoms with van der Waals surface area (Å²) in [5.41, 5.74) is 8.58. The van der Waals surface area contributed by atoms with Gasteiger partial charge in [-0.3, -0.25) is 14.4 Å². The minimum atomic E-state index is -0.772. The average Bonchev–Trinajstić information content (AvgIpc) is 3.92. The first kappa shape index (κ1) is 26.9. The Hall–Kier alpha value is -3.64. The molecule has 0 spiro atoms. The molecule has 3 fully saturated rings. The van der Waals surface area contributed by atoms with Gasteiger partial charge in [-0.15, -0.1) is 0 Å². The van der Waals surface area contributed by atoms with E-state index in [9.17, 15) is 19.6 Å². The van der Waals surface area contributed by atoms with E-state index in [1.54, 1.807) is 24.3 Å². The van der Waals surface area contributed by atoms with Crippen LogP contribution in [0.5, 0.6) is 0 Å². The average molecular weight is 643 g/mol. The number of thioether (sulfide) groups is 4. The third kappa shape index (κ3) is 4.32. The van der Waals surface area contributed by atoms with E-state index >= 15 is 0 Å². The van der Waals surface area contributed by atoms with Crippen LogP contribution in [-0.4, -0.2) is 30.9 Å². The molecule has 0 bridgehead atoms. The van der Waals surface area contributed by atoms with E-state index in [-0.39, 0.29) is 23.4 Å². The van der Waals surface area contributed by atoms with Gasteiger partial charge in [-0.2, -0.15) is 5.26 Å². The fourth-order valence-electron chi connectivity index (χ4n) is 5.20. The largest absolute Gasteiger partial charge is 0.368 e. The number of primary amides is 1. The first-order valence-electron chi connectivity index (χ1n) is 13.1. The number of carbonyl (C=O) groups excluding carboxylic acids is 3. The number of hydrogen-bond donors (Lipinski definition) is 1. The number of nitriles is 1. The maximum absolute atomic E-state index is 14.2. The summed E-state index contributed by atoms with van der Waals surface area (Å²) in [6.45, 7) is 1.06. The maximum Gasteiger partial charge on any atom is 0.284 e. The van der Waals surface area contributed by atoms with E-state index in [1.807, 2.05) is 42.5 Å². The van der Waals surface area contributed by atoms with Crippen LogP contribution in [0.25, 0.3) is 0 Å². The number of ether oxygens (including phenoxy) is 2. The van der Waals surface area contributed by atoms with E-state index in [1.165, 1.54) is 57.1 Å². The number of carbonyl (C=O) groups is 3. The van der Waals surface area contributed by atoms with Crippen LogP contribution in [0.15, 0.2) is 99.9 Å². The predicted octanol–water partition coefficient (Wildman–Crippen LogP) is 5.65. The van der Waals surface area contributed by atoms with Gasteiger partial charge < -0.3 is 15.2 Å². The summed E-state index contributed by atoms with van der Waals surface area (Å²) in [6.07, 6.45) is -0.338. The lowest BCUT2D eigenvalue weighted by atomic mass is 10.1. The molecule has 3 aromatic rings. The number of hydrazine groups is 1. The number of epoxide rings is 2. The Kier molecular flexibility index (Phi) is 6.41. The molecule has 3 aromatic carbocycles. The highest BCUT2D eigenvalue weighted by molar-refractivity contribution is 8.25. The molecule has 5 aliphatic heterocycles. The van der Waals surface area contributed by atoms with Gasteiger partial charge in [0.1, 0.15) is 29.4 Å². The van der Waals surface area contributed by atoms with E-state index in [0.29, 0.717) is 33.1 Å². The fraction of sp³-hybridized carbons (Fsp3) is 0.133. The Morgan fingerprint density at radius 1 is 0.767 bits per heavy atom. The van der Waals surface area contributed by atoms with Gasteiger partial charge in [0.2, 0.25) is 0 Å². The number of para-hydroxylation sites is 2. The molecule has 3 amide bonds. The van der Waals surface area contributed by atoms with E-state index in [4.69, 9.17) is 15.2 Å². The lowest BCUT2D eigenvalue weighted by Gasteiger charge is -2.27. The van der Waals surface area contributed by atoms with Crippen LogP contribution in [0, 0.1) is 11.3 Å². The molecule has 13 heteroatoms. The smallest absolute Gasteiger partial charge is 0.284 e. The molecule has 212 valence electrons. The summed E-state index contributed by atoms with van der Waals surface area (Å²) >= 11 is 5.47. The molecule has 2 atom stereocenters. The molecule has 0 saturated carbocycles. The Balaban J connectivity index is 1.28. The molecule has 8 rings (SSSR count). The molecule has 9 nitrogen and oxygen atoms in total. The van der Waals surface area contributed by atoms with Crippen molar-refractivity contribution in [3.63, 3.8) is 0 Å². The highest BCUT2D eigenvalue weighted by Gasteiger charge is 2.49. The molecule has 5 aliphatic rings. The number of nitrogens with two attached hydrogens (primary N) is 1. The second-order valence-corrected chi connectivity index (χ2v) is 14.5. The maximum atomic E-state index is 14.2. The predicted molar refractivity (Wildman–Crippen MR) is 164 cm³/mol. The van der Waals surface area contributed by atoms with Crippen LogP contribution in [0.3, 0.4) is 0 Å². The van der Waals surface area contributed by atoms with Gasteiger partial charge in [0, 0.05) is 30.7 Å². The number of nitrogens with zero attached hydrogens (tertiary/aromatic N) is 3. The molecule has 0 aliphatic carbocycles. The van der Waals surface area contributed by atoms with E-state index in [2.05, 4.69) is 0 Å². The number of benzene rings is 3. The topological polar surface area (TPSA) is 133 Å². The minimum absolute atomic E-state index is 0.0797. The van der Waals surface area contributed by atoms with Crippen molar-refractivity contribution in [2.75, 3.05) is 23.2 Å². The second kappa shape index (κ2) is 10.2. The van der Waals surface area contributed by atoms with Gasteiger partial charge in [-0.05, 0) is 24.3 Å². The van der Waals surface area contributed by atoms with E-state index in [0.717, 1.165) is 30.7 Å². The van der Waals surface area contributed by atoms with Crippen molar-refractivity contribution in [1.82, 2.24) is 0 Å². The molecule has 43 heavy (non-hydrogen) atoms. The zero-order chi connectivity index (χ0) is 29.4. The summed E-state index contributed by atoms with van der Waals surface area (Å²) in [6, 6.07) is 20.2. The van der Waals surface area contributed by atoms with Gasteiger partial charge in [0.05, 0.1) is 33.1 Å². The summed E-state index contributed by atoms with van der Waals surface area (Å²) in [7, 11) is 0. The second-order valence-electron chi connectivity index (χ2n) is 9.90. The van der Waals surface area contributed by atoms with Gasteiger partial charge in [-0.25, -0.2) is 10.0 Å². The monoisotopic (exact) mass is 642 g/mol. The zero-order valence-electron chi connectivity index (χ0n) is 21.9. The molecule has 2 unspecified atom stereocenters. The van der Waals surface area contributed by atoms with Crippen LogP contribution in [0.4, 0.5) is 11.4 Å². The lowest BCUT2D eigenvalue weighted by Crippen LogP contribution is -2.41. The molecular formula is C30H18N4O5S4. The third-order valence-electron chi connectivity index (χ3n) is 7.26. The summed E-state index contributed by atoms with van der Waals surface area (Å²) in [5, 5.41) is 12.5. The normalized spacial score (nSPS) is 21.7. The minimum Gasteiger partial charge on any atom is -0.368 e. The van der Waals surface area contributed by atoms with Crippen molar-refractivity contribution in [3.05, 3.63) is 91.4 Å². The third-order valence-corrected chi connectivity index (χ3v) is 12.6. The molecule has 5 heterocycles. The first-order valence-corrected chi connectivity index (χ1v) is 16.4. The van der Waals surface area contributed by atoms with Crippen molar-refractivity contribution < 1.29 is 23.9 Å². The Labute approximate surface area is 262 Å². The van der Waals surface area contributed by atoms with Gasteiger partial charge in [-0.1, -0.05) is 83.4 Å². The number of hydrogen-bond acceptors (Lipinski definition) is 10. The number of rotatable bonds is 5. The highest BCUT2D eigenvalue weighted by atomic mass is 32.2. The molecule has 3 saturated heterocycles. The number of fused-ring (bicyclic) bond motifs is 2. The van der Waals surface area contributed by atoms with Crippen LogP contribution in [0.1, 0.15) is 23.3 Å². The van der Waals surface area contributed by atoms with Gasteiger partial charge in [0.15, 0.2) is 0 Å². The van der Waals surface area contributed by atoms with Crippen molar-refractivity contribution >= 4 is 76.1 Å². The zero-order valence-corrected chi connectivity index (χ0v) is 25.2. The molecule has 0 radical (unpaired) electrons. The van der Waals surface area contributed by atoms with Crippen LogP contribution >= 0.6 is 47.0 Å². The van der Waals surface area contributed by atoms with Gasteiger partial charge >= 0.3 is 0 Å². The quantitative estimate of drug-likeness (QED) is 0.161. The van der Waals surface area contributed by atoms with Crippen LogP contribution in [-0.2, 0) is 23.9 Å². The SMILES string of the molecule is N#CC(C(N)=O)=C1Sc2c(c(C3CO3)c3c(c2C2CO2)SC(=C2C(=O)N(c4ccccc4)N(c4ccccc4)C2=O)S3)S1. The van der Waals surface area contributed by atoms with Crippen molar-refractivity contribution in [2.45, 2.75) is 31.8 Å². The van der Waals surface area contributed by atoms with Crippen molar-refractivity contribution in [2.24, 2.45) is 5.73 Å². The van der Waals surface area contributed by atoms with Gasteiger partial charge in [0.25, 0.3) is 17.7 Å². The first-order chi connectivity index (χ1) is 21.0. The standard InChI is InChI=1S/C30H18N4O5S4/c31-11-16(26(32)35)29-40-22-19(17-12-38-17)24-25(20(18-13-39-18)23(22)41-29)43-30(42-24)21-27(36)33(14-7-3-1-4-8-14)34(28(21)37)15-9-5-2-6-10-15/h1-10,17-18H,12-13H2,(H2,32,35). The Bertz CT molecular complexity index is 1770. The summed E-state index contributed by atoms with van der Waals surface area (Å²) in [4.78, 5) is 44.0. The molecular weight excluding hydrogens is 625 g/mol. The molecule has 0 aromatic heterocycles. The van der Waals surface area contributed by atoms with Crippen molar-refractivity contribution in [1.29, 1.82) is 5.26 Å². The number of amides is 3. The fourth-order valence-corrected chi connectivity index (χ4v) is 11.1. The van der Waals surface area contributed by atoms with Crippen LogP contribution in [0.2, 0.25) is 0 Å². The summed E-state index contributed by atoms with van der Waals surface area (Å²) in [5.74, 6) is -1.58. The Morgan fingerprint density at radius 2 is 1.19 bits per heavy atom. The van der Waals surface area contributed by atoms with Crippen molar-refractivity contribution in [3.8, 4) is 6.07 Å². The highest BCUT2D eigenvalue weighted by Crippen LogP contribution is 2.67. The van der Waals surface area contributed by atoms with Crippen LogP contribution < -0.4 is 15.8 Å². The Morgan fingerprint density at radius 3 is 1.56 bits per heavy atom.